The number of piperidine rings is 1. The van der Waals surface area contributed by atoms with Crippen LogP contribution in [0.2, 0.25) is 0 Å². The molecule has 5 nitrogen and oxygen atoms in total. The fourth-order valence-electron chi connectivity index (χ4n) is 4.61. The molecule has 3 aliphatic rings. The van der Waals surface area contributed by atoms with Crippen molar-refractivity contribution < 1.29 is 14.7 Å². The number of hydrogen-bond donors (Lipinski definition) is 1. The summed E-state index contributed by atoms with van der Waals surface area (Å²) in [6, 6.07) is 13.8. The second-order valence-corrected chi connectivity index (χ2v) is 6.94. The van der Waals surface area contributed by atoms with Crippen molar-refractivity contribution in [3.63, 3.8) is 0 Å². The Labute approximate surface area is 145 Å². The van der Waals surface area contributed by atoms with Gasteiger partial charge in [-0.3, -0.25) is 14.5 Å². The molecule has 1 fully saturated rings. The molecule has 3 aliphatic heterocycles. The maximum absolute atomic E-state index is 13.2. The fourth-order valence-corrected chi connectivity index (χ4v) is 4.61. The van der Waals surface area contributed by atoms with Crippen molar-refractivity contribution in [1.29, 1.82) is 0 Å². The van der Waals surface area contributed by atoms with Crippen LogP contribution in [0, 0.1) is 0 Å². The average Bonchev–Trinajstić information content (AvgIpc) is 2.85. The topological polar surface area (TPSA) is 60.9 Å². The second-order valence-electron chi connectivity index (χ2n) is 6.94. The number of hydrogen-bond acceptors (Lipinski definition) is 3. The van der Waals surface area contributed by atoms with Crippen LogP contribution in [0.15, 0.2) is 48.5 Å². The summed E-state index contributed by atoms with van der Waals surface area (Å²) in [6.07, 6.45) is 2.52. The van der Waals surface area contributed by atoms with Gasteiger partial charge >= 0.3 is 0 Å². The van der Waals surface area contributed by atoms with Gasteiger partial charge in [-0.2, -0.15) is 0 Å². The molecule has 3 heterocycles. The number of carbonyl (C=O) groups excluding carboxylic acids is 2. The van der Waals surface area contributed by atoms with Gasteiger partial charge in [0.25, 0.3) is 11.8 Å². The Morgan fingerprint density at radius 1 is 0.920 bits per heavy atom. The van der Waals surface area contributed by atoms with Crippen LogP contribution in [-0.2, 0) is 5.72 Å². The molecule has 126 valence electrons. The van der Waals surface area contributed by atoms with E-state index in [1.54, 1.807) is 41.3 Å². The van der Waals surface area contributed by atoms with Crippen LogP contribution in [0.25, 0.3) is 0 Å². The summed E-state index contributed by atoms with van der Waals surface area (Å²) in [7, 11) is 0. The van der Waals surface area contributed by atoms with E-state index in [1.807, 2.05) is 12.1 Å². The first-order valence-corrected chi connectivity index (χ1v) is 8.70. The van der Waals surface area contributed by atoms with Crippen molar-refractivity contribution in [1.82, 2.24) is 4.90 Å². The molecule has 25 heavy (non-hydrogen) atoms. The van der Waals surface area contributed by atoms with Crippen LogP contribution in [0.4, 0.5) is 5.69 Å². The minimum atomic E-state index is -1.52. The Morgan fingerprint density at radius 3 is 2.48 bits per heavy atom. The largest absolute Gasteiger partial charge is 0.365 e. The number of aliphatic hydroxyl groups is 1. The monoisotopic (exact) mass is 334 g/mol. The lowest BCUT2D eigenvalue weighted by Gasteiger charge is -2.45. The van der Waals surface area contributed by atoms with E-state index in [1.165, 1.54) is 4.90 Å². The number of nitrogens with zero attached hydrogens (tertiary/aromatic N) is 2. The van der Waals surface area contributed by atoms with E-state index >= 15 is 0 Å². The number of rotatable bonds is 0. The lowest BCUT2D eigenvalue weighted by Crippen LogP contribution is -2.59. The highest BCUT2D eigenvalue weighted by molar-refractivity contribution is 6.15. The zero-order valence-corrected chi connectivity index (χ0v) is 13.7. The van der Waals surface area contributed by atoms with Gasteiger partial charge in [0.15, 0.2) is 5.72 Å². The molecular formula is C20H18N2O3. The molecule has 0 saturated carbocycles. The van der Waals surface area contributed by atoms with Gasteiger partial charge in [0, 0.05) is 17.7 Å². The van der Waals surface area contributed by atoms with Crippen LogP contribution in [0.1, 0.15) is 45.5 Å². The van der Waals surface area contributed by atoms with E-state index in [4.69, 9.17) is 0 Å². The van der Waals surface area contributed by atoms with Crippen molar-refractivity contribution >= 4 is 17.5 Å². The Balaban J connectivity index is 1.85. The average molecular weight is 334 g/mol. The van der Waals surface area contributed by atoms with E-state index < -0.39 is 11.8 Å². The molecule has 0 spiro atoms. The van der Waals surface area contributed by atoms with Gasteiger partial charge < -0.3 is 10.0 Å². The number of carbonyl (C=O) groups is 2. The van der Waals surface area contributed by atoms with E-state index in [9.17, 15) is 14.7 Å². The van der Waals surface area contributed by atoms with Gasteiger partial charge in [-0.1, -0.05) is 30.3 Å². The molecule has 1 N–H and O–H groups in total. The SMILES string of the molecule is O=C1c2ccccc2N2C(=O)c3ccccc3[C@]2(O)[C@@H]2CCCCN12. The Bertz CT molecular complexity index is 909. The standard InChI is InChI=1S/C20H18N2O3/c23-18-14-8-2-4-10-16(14)22-19(24)13-7-1-3-9-15(13)20(22,25)17-11-5-6-12-21(17)18/h1-4,7-10,17,25H,5-6,11-12H2/t17-,20-/m0/s1. The van der Waals surface area contributed by atoms with Gasteiger partial charge in [-0.15, -0.1) is 0 Å². The minimum Gasteiger partial charge on any atom is -0.365 e. The summed E-state index contributed by atoms with van der Waals surface area (Å²) in [5, 5.41) is 11.9. The number of para-hydroxylation sites is 1. The summed E-state index contributed by atoms with van der Waals surface area (Å²) in [6.45, 7) is 0.602. The predicted molar refractivity (Wildman–Crippen MR) is 92.3 cm³/mol. The third-order valence-corrected chi connectivity index (χ3v) is 5.70. The molecule has 5 rings (SSSR count). The highest BCUT2D eigenvalue weighted by Crippen LogP contribution is 2.49. The molecule has 2 atom stereocenters. The molecular weight excluding hydrogens is 316 g/mol. The van der Waals surface area contributed by atoms with Gasteiger partial charge in [0.1, 0.15) is 0 Å². The van der Waals surface area contributed by atoms with Crippen molar-refractivity contribution in [2.75, 3.05) is 11.4 Å². The highest BCUT2D eigenvalue weighted by atomic mass is 16.3. The molecule has 0 bridgehead atoms. The van der Waals surface area contributed by atoms with Crippen molar-refractivity contribution in [3.05, 3.63) is 65.2 Å². The fraction of sp³-hybridized carbons (Fsp3) is 0.300. The van der Waals surface area contributed by atoms with Gasteiger partial charge in [-0.25, -0.2) is 0 Å². The highest BCUT2D eigenvalue weighted by Gasteiger charge is 2.59. The smallest absolute Gasteiger partial charge is 0.261 e. The molecule has 0 aromatic heterocycles. The molecule has 2 amide bonds. The predicted octanol–water partition coefficient (Wildman–Crippen LogP) is 2.50. The zero-order valence-electron chi connectivity index (χ0n) is 13.7. The quantitative estimate of drug-likeness (QED) is 0.805. The molecule has 5 heteroatoms. The number of benzene rings is 2. The summed E-state index contributed by atoms with van der Waals surface area (Å²) < 4.78 is 0. The van der Waals surface area contributed by atoms with Crippen molar-refractivity contribution in [2.24, 2.45) is 0 Å². The second kappa shape index (κ2) is 4.92. The molecule has 0 radical (unpaired) electrons. The first-order valence-electron chi connectivity index (χ1n) is 8.70. The first kappa shape index (κ1) is 14.7. The van der Waals surface area contributed by atoms with Crippen LogP contribution < -0.4 is 4.90 Å². The van der Waals surface area contributed by atoms with Crippen molar-refractivity contribution in [2.45, 2.75) is 31.0 Å². The van der Waals surface area contributed by atoms with Gasteiger partial charge in [0.05, 0.1) is 17.3 Å². The molecule has 0 unspecified atom stereocenters. The number of anilines is 1. The summed E-state index contributed by atoms with van der Waals surface area (Å²) in [4.78, 5) is 29.5. The normalized spacial score (nSPS) is 27.3. The number of fused-ring (bicyclic) bond motifs is 7. The van der Waals surface area contributed by atoms with Crippen LogP contribution in [-0.4, -0.2) is 34.4 Å². The lowest BCUT2D eigenvalue weighted by atomic mass is 9.87. The summed E-state index contributed by atoms with van der Waals surface area (Å²) in [5.41, 5.74) is 0.564. The first-order chi connectivity index (χ1) is 12.1. The van der Waals surface area contributed by atoms with Crippen LogP contribution in [0.3, 0.4) is 0 Å². The van der Waals surface area contributed by atoms with Crippen LogP contribution in [0.5, 0.6) is 0 Å². The van der Waals surface area contributed by atoms with E-state index in [2.05, 4.69) is 0 Å². The molecule has 2 aromatic carbocycles. The third kappa shape index (κ3) is 1.71. The third-order valence-electron chi connectivity index (χ3n) is 5.70. The summed E-state index contributed by atoms with van der Waals surface area (Å²) >= 11 is 0. The lowest BCUT2D eigenvalue weighted by molar-refractivity contribution is -0.0479. The Morgan fingerprint density at radius 2 is 1.64 bits per heavy atom. The van der Waals surface area contributed by atoms with E-state index in [0.717, 1.165) is 12.8 Å². The summed E-state index contributed by atoms with van der Waals surface area (Å²) in [5.74, 6) is -0.348. The zero-order chi connectivity index (χ0) is 17.2. The molecule has 1 saturated heterocycles. The number of amides is 2. The maximum Gasteiger partial charge on any atom is 0.261 e. The van der Waals surface area contributed by atoms with Gasteiger partial charge in [0.2, 0.25) is 0 Å². The van der Waals surface area contributed by atoms with E-state index in [-0.39, 0.29) is 11.8 Å². The van der Waals surface area contributed by atoms with E-state index in [0.29, 0.717) is 35.3 Å². The maximum atomic E-state index is 13.2. The Hall–Kier alpha value is -2.66. The van der Waals surface area contributed by atoms with Gasteiger partial charge in [-0.05, 0) is 37.5 Å². The van der Waals surface area contributed by atoms with Crippen LogP contribution >= 0.6 is 0 Å². The minimum absolute atomic E-state index is 0.103. The molecule has 2 aromatic rings. The van der Waals surface area contributed by atoms with Crippen molar-refractivity contribution in [3.8, 4) is 0 Å². The Kier molecular flexibility index (Phi) is 2.89. The molecule has 0 aliphatic carbocycles.